The Labute approximate surface area is 159 Å². The van der Waals surface area contributed by atoms with E-state index >= 15 is 0 Å². The Morgan fingerprint density at radius 2 is 1.85 bits per heavy atom. The van der Waals surface area contributed by atoms with Crippen LogP contribution in [0.3, 0.4) is 0 Å². The summed E-state index contributed by atoms with van der Waals surface area (Å²) >= 11 is 2.60. The quantitative estimate of drug-likeness (QED) is 0.712. The number of amides is 2. The summed E-state index contributed by atoms with van der Waals surface area (Å²) < 4.78 is 0. The van der Waals surface area contributed by atoms with E-state index in [1.165, 1.54) is 35.5 Å². The van der Waals surface area contributed by atoms with Gasteiger partial charge in [0, 0.05) is 18.9 Å². The Morgan fingerprint density at radius 1 is 1.08 bits per heavy atom. The van der Waals surface area contributed by atoms with Gasteiger partial charge in [-0.15, -0.1) is 20.4 Å². The van der Waals surface area contributed by atoms with Crippen molar-refractivity contribution < 1.29 is 9.59 Å². The molecular weight excluding hydrogens is 372 g/mol. The topological polar surface area (TPSA) is 110 Å². The van der Waals surface area contributed by atoms with Gasteiger partial charge in [0.2, 0.25) is 16.0 Å². The summed E-state index contributed by atoms with van der Waals surface area (Å²) in [7, 11) is 0. The standard InChI is InChI=1S/C16H22N6O2S2/c1-2-12-19-22-16(26-12)18-14(24)15-21-20-13(25-15)9-5-8-11(23)17-10-6-3-4-7-10/h10H,2-9H2,1H3,(H,17,23)(H,18,22,24). The number of rotatable bonds is 8. The Bertz CT molecular complexity index is 754. The van der Waals surface area contributed by atoms with Crippen LogP contribution in [-0.2, 0) is 17.6 Å². The van der Waals surface area contributed by atoms with Crippen LogP contribution in [0.1, 0.15) is 65.3 Å². The van der Waals surface area contributed by atoms with Gasteiger partial charge in [-0.25, -0.2) is 0 Å². The molecule has 0 bridgehead atoms. The zero-order valence-electron chi connectivity index (χ0n) is 14.7. The first-order valence-corrected chi connectivity index (χ1v) is 10.5. The number of hydrogen-bond acceptors (Lipinski definition) is 8. The lowest BCUT2D eigenvalue weighted by atomic mass is 10.2. The second-order valence-corrected chi connectivity index (χ2v) is 8.34. The first-order chi connectivity index (χ1) is 12.6. The van der Waals surface area contributed by atoms with E-state index in [0.29, 0.717) is 35.4 Å². The zero-order chi connectivity index (χ0) is 18.4. The van der Waals surface area contributed by atoms with Crippen molar-refractivity contribution in [1.29, 1.82) is 0 Å². The summed E-state index contributed by atoms with van der Waals surface area (Å²) in [5.74, 6) is -0.228. The normalized spacial score (nSPS) is 14.5. The summed E-state index contributed by atoms with van der Waals surface area (Å²) in [6.45, 7) is 1.98. The van der Waals surface area contributed by atoms with E-state index in [9.17, 15) is 9.59 Å². The van der Waals surface area contributed by atoms with E-state index < -0.39 is 0 Å². The SMILES string of the molecule is CCc1nnc(NC(=O)c2nnc(CCCC(=O)NC3CCCC3)s2)s1. The van der Waals surface area contributed by atoms with Crippen LogP contribution in [0.5, 0.6) is 0 Å². The molecule has 2 amide bonds. The van der Waals surface area contributed by atoms with Gasteiger partial charge in [0.15, 0.2) is 0 Å². The highest BCUT2D eigenvalue weighted by molar-refractivity contribution is 7.16. The average Bonchev–Trinajstić information content (AvgIpc) is 3.36. The molecule has 0 aliphatic heterocycles. The Balaban J connectivity index is 1.42. The summed E-state index contributed by atoms with van der Waals surface area (Å²) in [4.78, 5) is 24.1. The first kappa shape index (κ1) is 18.8. The molecule has 2 heterocycles. The highest BCUT2D eigenvalue weighted by Crippen LogP contribution is 2.19. The van der Waals surface area contributed by atoms with Crippen LogP contribution < -0.4 is 10.6 Å². The molecule has 1 fully saturated rings. The molecular formula is C16H22N6O2S2. The molecule has 1 aliphatic carbocycles. The van der Waals surface area contributed by atoms with Gasteiger partial charge in [-0.3, -0.25) is 14.9 Å². The predicted octanol–water partition coefficient (Wildman–Crippen LogP) is 2.59. The Morgan fingerprint density at radius 3 is 2.58 bits per heavy atom. The number of nitrogens with one attached hydrogen (secondary N) is 2. The molecule has 1 saturated carbocycles. The Hall–Kier alpha value is -1.94. The lowest BCUT2D eigenvalue weighted by molar-refractivity contribution is -0.121. The van der Waals surface area contributed by atoms with Crippen molar-refractivity contribution in [3.05, 3.63) is 15.0 Å². The van der Waals surface area contributed by atoms with Crippen molar-refractivity contribution >= 4 is 39.6 Å². The van der Waals surface area contributed by atoms with Crippen LogP contribution in [0, 0.1) is 0 Å². The minimum Gasteiger partial charge on any atom is -0.353 e. The van der Waals surface area contributed by atoms with Gasteiger partial charge in [0.05, 0.1) is 0 Å². The predicted molar refractivity (Wildman–Crippen MR) is 100 cm³/mol. The average molecular weight is 395 g/mol. The maximum atomic E-state index is 12.2. The molecule has 26 heavy (non-hydrogen) atoms. The van der Waals surface area contributed by atoms with E-state index in [-0.39, 0.29) is 11.8 Å². The lowest BCUT2D eigenvalue weighted by Crippen LogP contribution is -2.32. The molecule has 0 saturated heterocycles. The molecule has 140 valence electrons. The summed E-state index contributed by atoms with van der Waals surface area (Å²) in [6, 6.07) is 0.355. The highest BCUT2D eigenvalue weighted by atomic mass is 32.1. The van der Waals surface area contributed by atoms with Crippen LogP contribution in [0.15, 0.2) is 0 Å². The number of nitrogens with zero attached hydrogens (tertiary/aromatic N) is 4. The minimum atomic E-state index is -0.327. The number of anilines is 1. The zero-order valence-corrected chi connectivity index (χ0v) is 16.3. The highest BCUT2D eigenvalue weighted by Gasteiger charge is 2.18. The van der Waals surface area contributed by atoms with Crippen molar-refractivity contribution in [3.8, 4) is 0 Å². The number of hydrogen-bond donors (Lipinski definition) is 2. The third kappa shape index (κ3) is 5.28. The number of carbonyl (C=O) groups excluding carboxylic acids is 2. The first-order valence-electron chi connectivity index (χ1n) is 8.89. The summed E-state index contributed by atoms with van der Waals surface area (Å²) in [5.41, 5.74) is 0. The van der Waals surface area contributed by atoms with E-state index in [2.05, 4.69) is 31.0 Å². The number of aromatic nitrogens is 4. The van der Waals surface area contributed by atoms with Gasteiger partial charge in [0.25, 0.3) is 5.91 Å². The van der Waals surface area contributed by atoms with E-state index in [4.69, 9.17) is 0 Å². The summed E-state index contributed by atoms with van der Waals surface area (Å²) in [6.07, 6.45) is 7.19. The molecule has 8 nitrogen and oxygen atoms in total. The molecule has 0 atom stereocenters. The molecule has 0 aromatic carbocycles. The molecule has 10 heteroatoms. The van der Waals surface area contributed by atoms with Crippen molar-refractivity contribution in [1.82, 2.24) is 25.7 Å². The minimum absolute atomic E-state index is 0.0994. The maximum Gasteiger partial charge on any atom is 0.288 e. The fourth-order valence-corrected chi connectivity index (χ4v) is 4.27. The van der Waals surface area contributed by atoms with E-state index in [1.54, 1.807) is 0 Å². The van der Waals surface area contributed by atoms with Crippen molar-refractivity contribution in [3.63, 3.8) is 0 Å². The van der Waals surface area contributed by atoms with Crippen LogP contribution >= 0.6 is 22.7 Å². The molecule has 1 aliphatic rings. The van der Waals surface area contributed by atoms with Crippen LogP contribution in [-0.4, -0.2) is 38.3 Å². The van der Waals surface area contributed by atoms with Gasteiger partial charge in [-0.05, 0) is 25.7 Å². The maximum absolute atomic E-state index is 12.2. The van der Waals surface area contributed by atoms with Gasteiger partial charge in [-0.1, -0.05) is 42.4 Å². The fourth-order valence-electron chi connectivity index (χ4n) is 2.81. The second kappa shape index (κ2) is 9.13. The second-order valence-electron chi connectivity index (χ2n) is 6.21. The summed E-state index contributed by atoms with van der Waals surface area (Å²) in [5, 5.41) is 24.0. The number of carbonyl (C=O) groups is 2. The Kier molecular flexibility index (Phi) is 6.62. The van der Waals surface area contributed by atoms with Crippen LogP contribution in [0.4, 0.5) is 5.13 Å². The molecule has 0 unspecified atom stereocenters. The smallest absolute Gasteiger partial charge is 0.288 e. The lowest BCUT2D eigenvalue weighted by Gasteiger charge is -2.11. The van der Waals surface area contributed by atoms with Crippen molar-refractivity contribution in [2.45, 2.75) is 64.3 Å². The third-order valence-electron chi connectivity index (χ3n) is 4.17. The van der Waals surface area contributed by atoms with Gasteiger partial charge in [-0.2, -0.15) is 0 Å². The molecule has 0 spiro atoms. The fraction of sp³-hybridized carbons (Fsp3) is 0.625. The van der Waals surface area contributed by atoms with Crippen molar-refractivity contribution in [2.24, 2.45) is 0 Å². The number of aryl methyl sites for hydroxylation is 2. The molecule has 2 N–H and O–H groups in total. The van der Waals surface area contributed by atoms with Gasteiger partial charge >= 0.3 is 0 Å². The van der Waals surface area contributed by atoms with Crippen LogP contribution in [0.2, 0.25) is 0 Å². The van der Waals surface area contributed by atoms with E-state index in [0.717, 1.165) is 29.3 Å². The van der Waals surface area contributed by atoms with E-state index in [1.807, 2.05) is 6.92 Å². The van der Waals surface area contributed by atoms with Gasteiger partial charge < -0.3 is 5.32 Å². The van der Waals surface area contributed by atoms with Crippen LogP contribution in [0.25, 0.3) is 0 Å². The third-order valence-corrected chi connectivity index (χ3v) is 6.13. The molecule has 2 aromatic rings. The monoisotopic (exact) mass is 394 g/mol. The van der Waals surface area contributed by atoms with Crippen molar-refractivity contribution in [2.75, 3.05) is 5.32 Å². The largest absolute Gasteiger partial charge is 0.353 e. The molecule has 0 radical (unpaired) electrons. The molecule has 2 aromatic heterocycles. The molecule has 3 rings (SSSR count). The van der Waals surface area contributed by atoms with Gasteiger partial charge in [0.1, 0.15) is 10.0 Å².